The van der Waals surface area contributed by atoms with Crippen molar-refractivity contribution in [3.05, 3.63) is 17.5 Å². The fourth-order valence-corrected chi connectivity index (χ4v) is 1.68. The average Bonchev–Trinajstić information content (AvgIpc) is 2.74. The Morgan fingerprint density at radius 2 is 2.11 bits per heavy atom. The zero-order valence-electron chi connectivity index (χ0n) is 11.5. The van der Waals surface area contributed by atoms with E-state index in [1.54, 1.807) is 6.07 Å². The number of amides is 1. The van der Waals surface area contributed by atoms with Gasteiger partial charge in [0.25, 0.3) is 5.91 Å². The number of nitrogens with zero attached hydrogens (tertiary/aromatic N) is 1. The van der Waals surface area contributed by atoms with E-state index in [1.165, 1.54) is 0 Å². The maximum atomic E-state index is 11.8. The molecule has 0 aliphatic carbocycles. The maximum absolute atomic E-state index is 11.8. The molecule has 18 heavy (non-hydrogen) atoms. The lowest BCUT2D eigenvalue weighted by atomic mass is 10.1. The lowest BCUT2D eigenvalue weighted by Crippen LogP contribution is -2.33. The number of aliphatic hydroxyl groups is 1. The van der Waals surface area contributed by atoms with Crippen LogP contribution < -0.4 is 5.32 Å². The van der Waals surface area contributed by atoms with Gasteiger partial charge in [0.05, 0.1) is 6.10 Å². The first-order chi connectivity index (χ1) is 8.40. The molecule has 0 aliphatic rings. The summed E-state index contributed by atoms with van der Waals surface area (Å²) < 4.78 is 0. The quantitative estimate of drug-likeness (QED) is 0.721. The van der Waals surface area contributed by atoms with Gasteiger partial charge in [0.15, 0.2) is 0 Å². The SMILES string of the molecule is CC(C)CC(O)CNC(=O)c1cc(C(C)C)[nH]n1. The fraction of sp³-hybridized carbons (Fsp3) is 0.692. The molecule has 0 spiro atoms. The van der Waals surface area contributed by atoms with E-state index in [2.05, 4.69) is 15.5 Å². The number of rotatable bonds is 6. The van der Waals surface area contributed by atoms with E-state index in [9.17, 15) is 9.90 Å². The van der Waals surface area contributed by atoms with E-state index >= 15 is 0 Å². The number of nitrogens with one attached hydrogen (secondary N) is 2. The summed E-state index contributed by atoms with van der Waals surface area (Å²) in [7, 11) is 0. The fourth-order valence-electron chi connectivity index (χ4n) is 1.68. The van der Waals surface area contributed by atoms with Crippen molar-refractivity contribution in [1.82, 2.24) is 15.5 Å². The van der Waals surface area contributed by atoms with Gasteiger partial charge >= 0.3 is 0 Å². The Hall–Kier alpha value is -1.36. The summed E-state index contributed by atoms with van der Waals surface area (Å²) in [5, 5.41) is 19.1. The molecule has 0 saturated carbocycles. The van der Waals surface area contributed by atoms with Crippen LogP contribution in [0.3, 0.4) is 0 Å². The van der Waals surface area contributed by atoms with Gasteiger partial charge in [0, 0.05) is 12.2 Å². The third-order valence-corrected chi connectivity index (χ3v) is 2.69. The van der Waals surface area contributed by atoms with Crippen LogP contribution in [-0.2, 0) is 0 Å². The number of H-pyrrole nitrogens is 1. The third kappa shape index (κ3) is 4.49. The van der Waals surface area contributed by atoms with Crippen molar-refractivity contribution in [3.8, 4) is 0 Å². The molecule has 0 fully saturated rings. The third-order valence-electron chi connectivity index (χ3n) is 2.69. The van der Waals surface area contributed by atoms with Crippen molar-refractivity contribution >= 4 is 5.91 Å². The predicted octanol–water partition coefficient (Wildman–Crippen LogP) is 1.67. The predicted molar refractivity (Wildman–Crippen MR) is 70.5 cm³/mol. The Kier molecular flexibility index (Phi) is 5.34. The number of carbonyl (C=O) groups is 1. The summed E-state index contributed by atoms with van der Waals surface area (Å²) in [6.45, 7) is 8.39. The topological polar surface area (TPSA) is 78.0 Å². The molecular formula is C13H23N3O2. The molecule has 1 aromatic rings. The lowest BCUT2D eigenvalue weighted by Gasteiger charge is -2.13. The van der Waals surface area contributed by atoms with E-state index in [-0.39, 0.29) is 12.5 Å². The van der Waals surface area contributed by atoms with Gasteiger partial charge < -0.3 is 10.4 Å². The van der Waals surface area contributed by atoms with Gasteiger partial charge in [0.1, 0.15) is 5.69 Å². The maximum Gasteiger partial charge on any atom is 0.271 e. The summed E-state index contributed by atoms with van der Waals surface area (Å²) in [5.41, 5.74) is 1.30. The molecule has 5 heteroatoms. The molecule has 1 aromatic heterocycles. The normalized spacial score (nSPS) is 13.1. The van der Waals surface area contributed by atoms with Crippen molar-refractivity contribution in [2.45, 2.75) is 46.1 Å². The number of aromatic amines is 1. The number of carbonyl (C=O) groups excluding carboxylic acids is 1. The molecule has 1 rings (SSSR count). The molecule has 0 bridgehead atoms. The monoisotopic (exact) mass is 253 g/mol. The minimum Gasteiger partial charge on any atom is -0.391 e. The minimum absolute atomic E-state index is 0.249. The van der Waals surface area contributed by atoms with E-state index < -0.39 is 6.10 Å². The number of hydrogen-bond donors (Lipinski definition) is 3. The molecule has 1 heterocycles. The van der Waals surface area contributed by atoms with Gasteiger partial charge in [-0.05, 0) is 24.3 Å². The molecule has 1 unspecified atom stereocenters. The molecule has 1 amide bonds. The van der Waals surface area contributed by atoms with Crippen LogP contribution in [-0.4, -0.2) is 33.9 Å². The van der Waals surface area contributed by atoms with E-state index in [0.717, 1.165) is 5.69 Å². The standard InChI is InChI=1S/C13H23N3O2/c1-8(2)5-10(17)7-14-13(18)12-6-11(9(3)4)15-16-12/h6,8-10,17H,5,7H2,1-4H3,(H,14,18)(H,15,16). The molecular weight excluding hydrogens is 230 g/mol. The Labute approximate surface area is 108 Å². The first-order valence-corrected chi connectivity index (χ1v) is 6.41. The van der Waals surface area contributed by atoms with Crippen LogP contribution in [0.4, 0.5) is 0 Å². The Balaban J connectivity index is 2.45. The van der Waals surface area contributed by atoms with Crippen molar-refractivity contribution in [3.63, 3.8) is 0 Å². The van der Waals surface area contributed by atoms with Crippen LogP contribution in [0.5, 0.6) is 0 Å². The van der Waals surface area contributed by atoms with Gasteiger partial charge in [-0.2, -0.15) is 5.10 Å². The average molecular weight is 253 g/mol. The van der Waals surface area contributed by atoms with Crippen LogP contribution in [0, 0.1) is 5.92 Å². The highest BCUT2D eigenvalue weighted by Gasteiger charge is 2.14. The second-order valence-corrected chi connectivity index (χ2v) is 5.36. The first-order valence-electron chi connectivity index (χ1n) is 6.41. The second kappa shape index (κ2) is 6.54. The van der Waals surface area contributed by atoms with Gasteiger partial charge in [-0.15, -0.1) is 0 Å². The molecule has 102 valence electrons. The summed E-state index contributed by atoms with van der Waals surface area (Å²) in [4.78, 5) is 11.8. The molecule has 1 atom stereocenters. The van der Waals surface area contributed by atoms with Crippen molar-refractivity contribution < 1.29 is 9.90 Å². The van der Waals surface area contributed by atoms with Crippen LogP contribution in [0.2, 0.25) is 0 Å². The van der Waals surface area contributed by atoms with Crippen molar-refractivity contribution in [1.29, 1.82) is 0 Å². The Bertz CT molecular complexity index is 385. The minimum atomic E-state index is -0.502. The van der Waals surface area contributed by atoms with Crippen LogP contribution in [0.25, 0.3) is 0 Å². The molecule has 5 nitrogen and oxygen atoms in total. The summed E-state index contributed by atoms with van der Waals surface area (Å²) >= 11 is 0. The van der Waals surface area contributed by atoms with Crippen molar-refractivity contribution in [2.75, 3.05) is 6.54 Å². The highest BCUT2D eigenvalue weighted by Crippen LogP contribution is 2.11. The first kappa shape index (κ1) is 14.7. The Morgan fingerprint density at radius 1 is 1.44 bits per heavy atom. The van der Waals surface area contributed by atoms with E-state index in [0.29, 0.717) is 24.0 Å². The van der Waals surface area contributed by atoms with Crippen LogP contribution >= 0.6 is 0 Å². The molecule has 0 aromatic carbocycles. The number of aromatic nitrogens is 2. The smallest absolute Gasteiger partial charge is 0.271 e. The second-order valence-electron chi connectivity index (χ2n) is 5.36. The van der Waals surface area contributed by atoms with Gasteiger partial charge in [-0.3, -0.25) is 9.89 Å². The van der Waals surface area contributed by atoms with Crippen LogP contribution in [0.15, 0.2) is 6.07 Å². The zero-order chi connectivity index (χ0) is 13.7. The van der Waals surface area contributed by atoms with E-state index in [4.69, 9.17) is 0 Å². The van der Waals surface area contributed by atoms with Crippen molar-refractivity contribution in [2.24, 2.45) is 5.92 Å². The van der Waals surface area contributed by atoms with Crippen LogP contribution in [0.1, 0.15) is 56.2 Å². The highest BCUT2D eigenvalue weighted by atomic mass is 16.3. The molecule has 0 saturated heterocycles. The highest BCUT2D eigenvalue weighted by molar-refractivity contribution is 5.92. The summed E-state index contributed by atoms with van der Waals surface area (Å²) in [5.74, 6) is 0.473. The summed E-state index contributed by atoms with van der Waals surface area (Å²) in [6.07, 6.45) is 0.176. The lowest BCUT2D eigenvalue weighted by molar-refractivity contribution is 0.0895. The molecule has 0 aliphatic heterocycles. The molecule has 0 radical (unpaired) electrons. The van der Waals surface area contributed by atoms with Gasteiger partial charge in [-0.1, -0.05) is 27.7 Å². The number of hydrogen-bond acceptors (Lipinski definition) is 3. The van der Waals surface area contributed by atoms with E-state index in [1.807, 2.05) is 27.7 Å². The Morgan fingerprint density at radius 3 is 2.61 bits per heavy atom. The number of aliphatic hydroxyl groups excluding tert-OH is 1. The zero-order valence-corrected chi connectivity index (χ0v) is 11.5. The molecule has 3 N–H and O–H groups in total. The van der Waals surface area contributed by atoms with Gasteiger partial charge in [0.2, 0.25) is 0 Å². The largest absolute Gasteiger partial charge is 0.391 e. The summed E-state index contributed by atoms with van der Waals surface area (Å²) in [6, 6.07) is 1.74. The van der Waals surface area contributed by atoms with Gasteiger partial charge in [-0.25, -0.2) is 0 Å².